The van der Waals surface area contributed by atoms with Crippen molar-refractivity contribution in [3.63, 3.8) is 0 Å². The van der Waals surface area contributed by atoms with Crippen molar-refractivity contribution >= 4 is 22.8 Å². The minimum Gasteiger partial charge on any atom is -0.452 e. The number of nitrogens with one attached hydrogen (secondary N) is 1. The molecule has 0 bridgehead atoms. The Morgan fingerprint density at radius 2 is 1.81 bits per heavy atom. The summed E-state index contributed by atoms with van der Waals surface area (Å²) >= 11 is 0. The molecule has 1 heterocycles. The Balaban J connectivity index is 1.92. The number of benzene rings is 2. The van der Waals surface area contributed by atoms with Crippen molar-refractivity contribution in [3.8, 4) is 11.3 Å². The lowest BCUT2D eigenvalue weighted by Gasteiger charge is -2.10. The number of ether oxygens (including phenoxy) is 1. The van der Waals surface area contributed by atoms with Crippen LogP contribution in [0.1, 0.15) is 10.4 Å². The molecule has 0 spiro atoms. The summed E-state index contributed by atoms with van der Waals surface area (Å²) < 4.78 is 5.17. The summed E-state index contributed by atoms with van der Waals surface area (Å²) in [5.74, 6) is -0.936. The molecule has 0 saturated carbocycles. The van der Waals surface area contributed by atoms with Crippen LogP contribution in [-0.4, -0.2) is 30.0 Å². The Morgan fingerprint density at radius 1 is 1.08 bits per heavy atom. The molecule has 1 amide bonds. The number of hydrogen-bond acceptors (Lipinski definition) is 4. The van der Waals surface area contributed by atoms with Gasteiger partial charge in [-0.25, -0.2) is 9.78 Å². The average Bonchev–Trinajstić information content (AvgIpc) is 2.70. The van der Waals surface area contributed by atoms with E-state index in [-0.39, 0.29) is 12.5 Å². The van der Waals surface area contributed by atoms with Gasteiger partial charge in [0.1, 0.15) is 0 Å². The Kier molecular flexibility index (Phi) is 5.39. The third-order valence-corrected chi connectivity index (χ3v) is 3.78. The zero-order valence-electron chi connectivity index (χ0n) is 14.1. The first-order valence-electron chi connectivity index (χ1n) is 8.19. The van der Waals surface area contributed by atoms with Gasteiger partial charge in [0.15, 0.2) is 6.61 Å². The van der Waals surface area contributed by atoms with Crippen molar-refractivity contribution < 1.29 is 14.3 Å². The molecule has 130 valence electrons. The van der Waals surface area contributed by atoms with Crippen LogP contribution in [0.3, 0.4) is 0 Å². The van der Waals surface area contributed by atoms with Gasteiger partial charge < -0.3 is 10.1 Å². The summed E-state index contributed by atoms with van der Waals surface area (Å²) in [6.07, 6.45) is 1.56. The lowest BCUT2D eigenvalue weighted by Crippen LogP contribution is -2.28. The van der Waals surface area contributed by atoms with Gasteiger partial charge in [-0.3, -0.25) is 4.79 Å². The smallest absolute Gasteiger partial charge is 0.339 e. The minimum atomic E-state index is -0.561. The molecule has 0 saturated heterocycles. The highest BCUT2D eigenvalue weighted by molar-refractivity contribution is 6.05. The number of amides is 1. The second-order valence-corrected chi connectivity index (χ2v) is 5.61. The average molecular weight is 346 g/mol. The first kappa shape index (κ1) is 17.4. The van der Waals surface area contributed by atoms with Gasteiger partial charge >= 0.3 is 5.97 Å². The van der Waals surface area contributed by atoms with Crippen LogP contribution < -0.4 is 5.32 Å². The fraction of sp³-hybridized carbons (Fsp3) is 0.0952. The highest BCUT2D eigenvalue weighted by atomic mass is 16.5. The van der Waals surface area contributed by atoms with Crippen LogP contribution in [0.25, 0.3) is 22.2 Å². The molecule has 5 heteroatoms. The van der Waals surface area contributed by atoms with E-state index in [0.29, 0.717) is 28.7 Å². The van der Waals surface area contributed by atoms with Crippen LogP contribution in [0.2, 0.25) is 0 Å². The molecule has 1 N–H and O–H groups in total. The van der Waals surface area contributed by atoms with E-state index in [1.165, 1.54) is 0 Å². The van der Waals surface area contributed by atoms with E-state index < -0.39 is 5.97 Å². The Bertz CT molecular complexity index is 952. The molecule has 0 atom stereocenters. The normalized spacial score (nSPS) is 10.3. The monoisotopic (exact) mass is 346 g/mol. The van der Waals surface area contributed by atoms with Gasteiger partial charge in [0, 0.05) is 17.5 Å². The summed E-state index contributed by atoms with van der Waals surface area (Å²) in [5.41, 5.74) is 2.64. The van der Waals surface area contributed by atoms with Crippen LogP contribution in [0.4, 0.5) is 0 Å². The molecule has 0 radical (unpaired) electrons. The van der Waals surface area contributed by atoms with E-state index in [9.17, 15) is 9.59 Å². The number of pyridine rings is 1. The van der Waals surface area contributed by atoms with Crippen molar-refractivity contribution in [2.75, 3.05) is 13.2 Å². The number of carbonyl (C=O) groups excluding carboxylic acids is 2. The maximum absolute atomic E-state index is 12.6. The molecular weight excluding hydrogens is 328 g/mol. The van der Waals surface area contributed by atoms with E-state index in [1.54, 1.807) is 12.1 Å². The maximum atomic E-state index is 12.6. The number of aromatic nitrogens is 1. The molecule has 0 aliphatic rings. The number of fused-ring (bicyclic) bond motifs is 1. The van der Waals surface area contributed by atoms with Gasteiger partial charge in [-0.05, 0) is 12.1 Å². The second kappa shape index (κ2) is 8.07. The SMILES string of the molecule is C=CCNC(=O)COC(=O)c1cc(-c2ccccc2)nc2ccccc12. The van der Waals surface area contributed by atoms with Crippen molar-refractivity contribution in [3.05, 3.63) is 78.9 Å². The van der Waals surface area contributed by atoms with Crippen LogP contribution in [0.15, 0.2) is 73.3 Å². The summed E-state index contributed by atoms with van der Waals surface area (Å²) in [7, 11) is 0. The lowest BCUT2D eigenvalue weighted by atomic mass is 10.0. The van der Waals surface area contributed by atoms with E-state index >= 15 is 0 Å². The van der Waals surface area contributed by atoms with Crippen LogP contribution >= 0.6 is 0 Å². The first-order chi connectivity index (χ1) is 12.7. The standard InChI is InChI=1S/C21H18N2O3/c1-2-12-22-20(24)14-26-21(25)17-13-19(15-8-4-3-5-9-15)23-18-11-7-6-10-16(17)18/h2-11,13H,1,12,14H2,(H,22,24). The van der Waals surface area contributed by atoms with Gasteiger partial charge in [0.05, 0.1) is 16.8 Å². The molecular formula is C21H18N2O3. The lowest BCUT2D eigenvalue weighted by molar-refractivity contribution is -0.124. The summed E-state index contributed by atoms with van der Waals surface area (Å²) in [6.45, 7) is 3.50. The minimum absolute atomic E-state index is 0.326. The largest absolute Gasteiger partial charge is 0.452 e. The fourth-order valence-electron chi connectivity index (χ4n) is 2.55. The Labute approximate surface area is 151 Å². The molecule has 0 aliphatic carbocycles. The van der Waals surface area contributed by atoms with Gasteiger partial charge in [-0.1, -0.05) is 54.6 Å². The quantitative estimate of drug-likeness (QED) is 0.549. The molecule has 3 rings (SSSR count). The van der Waals surface area contributed by atoms with Crippen molar-refractivity contribution in [2.24, 2.45) is 0 Å². The highest BCUT2D eigenvalue weighted by Gasteiger charge is 2.16. The Hall–Kier alpha value is -3.47. The molecule has 2 aromatic carbocycles. The van der Waals surface area contributed by atoms with Crippen LogP contribution in [0.5, 0.6) is 0 Å². The third kappa shape index (κ3) is 3.95. The van der Waals surface area contributed by atoms with Crippen LogP contribution in [0, 0.1) is 0 Å². The Morgan fingerprint density at radius 3 is 2.58 bits per heavy atom. The molecule has 26 heavy (non-hydrogen) atoms. The number of hydrogen-bond donors (Lipinski definition) is 1. The number of esters is 1. The topological polar surface area (TPSA) is 68.3 Å². The van der Waals surface area contributed by atoms with E-state index in [0.717, 1.165) is 5.56 Å². The summed E-state index contributed by atoms with van der Waals surface area (Å²) in [5, 5.41) is 3.25. The molecule has 0 aliphatic heterocycles. The number of para-hydroxylation sites is 1. The molecule has 1 aromatic heterocycles. The van der Waals surface area contributed by atoms with Gasteiger partial charge in [-0.2, -0.15) is 0 Å². The molecule has 0 fully saturated rings. The molecule has 5 nitrogen and oxygen atoms in total. The molecule has 3 aromatic rings. The van der Waals surface area contributed by atoms with E-state index in [4.69, 9.17) is 4.74 Å². The first-order valence-corrected chi connectivity index (χ1v) is 8.19. The number of nitrogens with zero attached hydrogens (tertiary/aromatic N) is 1. The summed E-state index contributed by atoms with van der Waals surface area (Å²) in [4.78, 5) is 28.8. The van der Waals surface area contributed by atoms with Gasteiger partial charge in [0.25, 0.3) is 5.91 Å². The highest BCUT2D eigenvalue weighted by Crippen LogP contribution is 2.25. The summed E-state index contributed by atoms with van der Waals surface area (Å²) in [6, 6.07) is 18.6. The van der Waals surface area contributed by atoms with Crippen molar-refractivity contribution in [1.29, 1.82) is 0 Å². The fourth-order valence-corrected chi connectivity index (χ4v) is 2.55. The maximum Gasteiger partial charge on any atom is 0.339 e. The van der Waals surface area contributed by atoms with Gasteiger partial charge in [-0.15, -0.1) is 6.58 Å². The number of carbonyl (C=O) groups is 2. The predicted molar refractivity (Wildman–Crippen MR) is 101 cm³/mol. The zero-order chi connectivity index (χ0) is 18.4. The predicted octanol–water partition coefficient (Wildman–Crippen LogP) is 3.36. The third-order valence-electron chi connectivity index (χ3n) is 3.78. The van der Waals surface area contributed by atoms with E-state index in [2.05, 4.69) is 16.9 Å². The number of rotatable bonds is 6. The van der Waals surface area contributed by atoms with E-state index in [1.807, 2.05) is 54.6 Å². The van der Waals surface area contributed by atoms with Crippen LogP contribution in [-0.2, 0) is 9.53 Å². The van der Waals surface area contributed by atoms with Crippen molar-refractivity contribution in [2.45, 2.75) is 0 Å². The zero-order valence-corrected chi connectivity index (χ0v) is 14.1. The van der Waals surface area contributed by atoms with Crippen molar-refractivity contribution in [1.82, 2.24) is 10.3 Å². The second-order valence-electron chi connectivity index (χ2n) is 5.61. The van der Waals surface area contributed by atoms with Gasteiger partial charge in [0.2, 0.25) is 0 Å². The molecule has 0 unspecified atom stereocenters.